The van der Waals surface area contributed by atoms with E-state index in [0.717, 1.165) is 59.4 Å². The van der Waals surface area contributed by atoms with E-state index in [0.29, 0.717) is 19.7 Å². The van der Waals surface area contributed by atoms with Crippen molar-refractivity contribution in [2.75, 3.05) is 50.8 Å². The second-order valence-corrected chi connectivity index (χ2v) is 8.25. The molecule has 1 aliphatic heterocycles. The molecule has 0 radical (unpaired) electrons. The Labute approximate surface area is 183 Å². The zero-order valence-electron chi connectivity index (χ0n) is 17.2. The molecule has 0 unspecified atom stereocenters. The Morgan fingerprint density at radius 3 is 2.61 bits per heavy atom. The molecule has 6 nitrogen and oxygen atoms in total. The van der Waals surface area contributed by atoms with Crippen LogP contribution in [0.5, 0.6) is 5.75 Å². The quantitative estimate of drug-likeness (QED) is 0.602. The summed E-state index contributed by atoms with van der Waals surface area (Å²) in [7, 11) is 0. The smallest absolute Gasteiger partial charge is 0.257 e. The standard InChI is InChI=1S/C22H24F2N4O2S/c1-2-30-15-6-7-18-19(14-15)31-22(26-18)28-12-10-27(11-13-28)9-8-25-21(29)20-16(23)4-3-5-17(20)24/h3-7,14H,2,8-13H2,1H3,(H,25,29). The van der Waals surface area contributed by atoms with Crippen LogP contribution in [0.3, 0.4) is 0 Å². The average molecular weight is 447 g/mol. The van der Waals surface area contributed by atoms with Crippen LogP contribution in [0.25, 0.3) is 10.2 Å². The van der Waals surface area contributed by atoms with Crippen LogP contribution in [0.1, 0.15) is 17.3 Å². The Bertz CT molecular complexity index is 1050. The second-order valence-electron chi connectivity index (χ2n) is 7.24. The third-order valence-corrected chi connectivity index (χ3v) is 6.28. The molecule has 1 saturated heterocycles. The number of benzene rings is 2. The lowest BCUT2D eigenvalue weighted by molar-refractivity contribution is 0.0939. The van der Waals surface area contributed by atoms with Gasteiger partial charge in [0.2, 0.25) is 0 Å². The molecule has 2 aromatic carbocycles. The molecule has 1 aromatic heterocycles. The number of anilines is 1. The van der Waals surface area contributed by atoms with Crippen molar-refractivity contribution in [3.8, 4) is 5.75 Å². The molecule has 1 amide bonds. The second kappa shape index (κ2) is 9.57. The Kier molecular flexibility index (Phi) is 6.62. The zero-order chi connectivity index (χ0) is 21.8. The maximum atomic E-state index is 13.7. The lowest BCUT2D eigenvalue weighted by atomic mass is 10.2. The molecule has 0 atom stereocenters. The number of hydrogen-bond acceptors (Lipinski definition) is 6. The molecular formula is C22H24F2N4O2S. The number of nitrogens with zero attached hydrogens (tertiary/aromatic N) is 3. The Morgan fingerprint density at radius 2 is 1.90 bits per heavy atom. The van der Waals surface area contributed by atoms with Gasteiger partial charge in [0, 0.05) is 39.3 Å². The first-order valence-electron chi connectivity index (χ1n) is 10.3. The summed E-state index contributed by atoms with van der Waals surface area (Å²) in [6.45, 7) is 6.84. The summed E-state index contributed by atoms with van der Waals surface area (Å²) >= 11 is 1.66. The summed E-state index contributed by atoms with van der Waals surface area (Å²) in [4.78, 5) is 21.3. The van der Waals surface area contributed by atoms with Crippen molar-refractivity contribution in [2.24, 2.45) is 0 Å². The van der Waals surface area contributed by atoms with Gasteiger partial charge in [-0.3, -0.25) is 9.69 Å². The minimum atomic E-state index is -0.852. The van der Waals surface area contributed by atoms with Crippen molar-refractivity contribution in [3.63, 3.8) is 0 Å². The molecule has 1 fully saturated rings. The number of rotatable bonds is 7. The van der Waals surface area contributed by atoms with Gasteiger partial charge in [0.05, 0.1) is 16.8 Å². The first-order chi connectivity index (χ1) is 15.0. The number of aromatic nitrogens is 1. The van der Waals surface area contributed by atoms with Gasteiger partial charge < -0.3 is 15.0 Å². The van der Waals surface area contributed by atoms with E-state index in [1.807, 2.05) is 25.1 Å². The van der Waals surface area contributed by atoms with Crippen molar-refractivity contribution in [3.05, 3.63) is 53.6 Å². The molecule has 1 N–H and O–H groups in total. The number of ether oxygens (including phenoxy) is 1. The molecule has 0 aliphatic carbocycles. The average Bonchev–Trinajstić information content (AvgIpc) is 3.18. The number of nitrogens with one attached hydrogen (secondary N) is 1. The zero-order valence-corrected chi connectivity index (χ0v) is 18.1. The van der Waals surface area contributed by atoms with Gasteiger partial charge >= 0.3 is 0 Å². The lowest BCUT2D eigenvalue weighted by Gasteiger charge is -2.34. The first-order valence-corrected chi connectivity index (χ1v) is 11.1. The van der Waals surface area contributed by atoms with Gasteiger partial charge in [-0.2, -0.15) is 0 Å². The normalized spacial score (nSPS) is 14.7. The number of hydrogen-bond donors (Lipinski definition) is 1. The van der Waals surface area contributed by atoms with E-state index in [2.05, 4.69) is 15.1 Å². The largest absolute Gasteiger partial charge is 0.494 e. The molecule has 2 heterocycles. The third-order valence-electron chi connectivity index (χ3n) is 5.21. The summed E-state index contributed by atoms with van der Waals surface area (Å²) in [6.07, 6.45) is 0. The van der Waals surface area contributed by atoms with Crippen LogP contribution in [0.4, 0.5) is 13.9 Å². The number of piperazine rings is 1. The van der Waals surface area contributed by atoms with Gasteiger partial charge in [-0.05, 0) is 37.3 Å². The lowest BCUT2D eigenvalue weighted by Crippen LogP contribution is -2.48. The van der Waals surface area contributed by atoms with Gasteiger partial charge in [0.1, 0.15) is 22.9 Å². The molecular weight excluding hydrogens is 422 g/mol. The van der Waals surface area contributed by atoms with Gasteiger partial charge in [-0.25, -0.2) is 13.8 Å². The number of fused-ring (bicyclic) bond motifs is 1. The van der Waals surface area contributed by atoms with Crippen molar-refractivity contribution in [1.82, 2.24) is 15.2 Å². The minimum absolute atomic E-state index is 0.327. The first kappa shape index (κ1) is 21.5. The molecule has 9 heteroatoms. The van der Waals surface area contributed by atoms with Crippen molar-refractivity contribution in [1.29, 1.82) is 0 Å². The fourth-order valence-corrected chi connectivity index (χ4v) is 4.62. The van der Waals surface area contributed by atoms with Crippen molar-refractivity contribution in [2.45, 2.75) is 6.92 Å². The van der Waals surface area contributed by atoms with E-state index in [1.54, 1.807) is 11.3 Å². The van der Waals surface area contributed by atoms with Crippen LogP contribution < -0.4 is 15.0 Å². The Hall–Kier alpha value is -2.78. The van der Waals surface area contributed by atoms with Crippen LogP contribution in [-0.4, -0.2) is 61.7 Å². The SMILES string of the molecule is CCOc1ccc2nc(N3CCN(CCNC(=O)c4c(F)cccc4F)CC3)sc2c1. The van der Waals surface area contributed by atoms with E-state index in [-0.39, 0.29) is 0 Å². The summed E-state index contributed by atoms with van der Waals surface area (Å²) in [5, 5.41) is 3.60. The van der Waals surface area contributed by atoms with E-state index in [4.69, 9.17) is 9.72 Å². The summed E-state index contributed by atoms with van der Waals surface area (Å²) in [5.74, 6) is -1.58. The van der Waals surface area contributed by atoms with Gasteiger partial charge in [0.15, 0.2) is 5.13 Å². The van der Waals surface area contributed by atoms with Crippen LogP contribution in [0.2, 0.25) is 0 Å². The van der Waals surface area contributed by atoms with E-state index in [1.165, 1.54) is 6.07 Å². The van der Waals surface area contributed by atoms with Gasteiger partial charge in [-0.1, -0.05) is 17.4 Å². The van der Waals surface area contributed by atoms with Crippen LogP contribution >= 0.6 is 11.3 Å². The molecule has 1 aliphatic rings. The number of carbonyl (C=O) groups is 1. The summed E-state index contributed by atoms with van der Waals surface area (Å²) in [6, 6.07) is 9.35. The minimum Gasteiger partial charge on any atom is -0.494 e. The van der Waals surface area contributed by atoms with E-state index in [9.17, 15) is 13.6 Å². The third kappa shape index (κ3) is 4.94. The highest BCUT2D eigenvalue weighted by Crippen LogP contribution is 2.31. The number of thiazole rings is 1. The number of amides is 1. The van der Waals surface area contributed by atoms with Crippen LogP contribution in [0.15, 0.2) is 36.4 Å². The predicted octanol–water partition coefficient (Wildman–Crippen LogP) is 3.53. The fourth-order valence-electron chi connectivity index (χ4n) is 3.58. The fraction of sp³-hybridized carbons (Fsp3) is 0.364. The highest BCUT2D eigenvalue weighted by Gasteiger charge is 2.21. The number of halogens is 2. The monoisotopic (exact) mass is 446 g/mol. The molecule has 3 aromatic rings. The molecule has 164 valence electrons. The van der Waals surface area contributed by atoms with Crippen LogP contribution in [0, 0.1) is 11.6 Å². The Balaban J connectivity index is 1.27. The number of carbonyl (C=O) groups excluding carboxylic acids is 1. The van der Waals surface area contributed by atoms with Crippen molar-refractivity contribution >= 4 is 32.6 Å². The Morgan fingerprint density at radius 1 is 1.16 bits per heavy atom. The maximum Gasteiger partial charge on any atom is 0.257 e. The van der Waals surface area contributed by atoms with E-state index >= 15 is 0 Å². The molecule has 0 saturated carbocycles. The highest BCUT2D eigenvalue weighted by atomic mass is 32.1. The summed E-state index contributed by atoms with van der Waals surface area (Å²) < 4.78 is 34.1. The van der Waals surface area contributed by atoms with Gasteiger partial charge in [-0.15, -0.1) is 0 Å². The topological polar surface area (TPSA) is 57.7 Å². The molecule has 0 bridgehead atoms. The summed E-state index contributed by atoms with van der Waals surface area (Å²) in [5.41, 5.74) is 0.435. The molecule has 4 rings (SSSR count). The molecule has 0 spiro atoms. The van der Waals surface area contributed by atoms with Gasteiger partial charge in [0.25, 0.3) is 5.91 Å². The maximum absolute atomic E-state index is 13.7. The predicted molar refractivity (Wildman–Crippen MR) is 118 cm³/mol. The molecule has 31 heavy (non-hydrogen) atoms. The van der Waals surface area contributed by atoms with E-state index < -0.39 is 23.1 Å². The highest BCUT2D eigenvalue weighted by molar-refractivity contribution is 7.22. The van der Waals surface area contributed by atoms with Crippen LogP contribution in [-0.2, 0) is 0 Å². The van der Waals surface area contributed by atoms with Crippen molar-refractivity contribution < 1.29 is 18.3 Å².